The van der Waals surface area contributed by atoms with Gasteiger partial charge >= 0.3 is 0 Å². The van der Waals surface area contributed by atoms with Gasteiger partial charge in [-0.25, -0.2) is 0 Å². The number of carbonyl (C=O) groups excluding carboxylic acids is 1. The van der Waals surface area contributed by atoms with Crippen molar-refractivity contribution in [2.75, 3.05) is 13.1 Å². The van der Waals surface area contributed by atoms with Crippen molar-refractivity contribution in [1.29, 1.82) is 0 Å². The molecule has 2 aromatic carbocycles. The summed E-state index contributed by atoms with van der Waals surface area (Å²) in [6.45, 7) is 5.37. The van der Waals surface area contributed by atoms with Gasteiger partial charge in [0.25, 0.3) is 0 Å². The van der Waals surface area contributed by atoms with Gasteiger partial charge in [-0.05, 0) is 31.5 Å². The number of amides is 1. The Morgan fingerprint density at radius 1 is 1.04 bits per heavy atom. The molecule has 3 aromatic rings. The highest BCUT2D eigenvalue weighted by Crippen LogP contribution is 2.36. The molecule has 0 aliphatic carbocycles. The molecule has 0 radical (unpaired) electrons. The fourth-order valence-corrected chi connectivity index (χ4v) is 3.88. The van der Waals surface area contributed by atoms with Crippen LogP contribution in [0.15, 0.2) is 72.1 Å². The predicted molar refractivity (Wildman–Crippen MR) is 104 cm³/mol. The lowest BCUT2D eigenvalue weighted by Gasteiger charge is -2.25. The van der Waals surface area contributed by atoms with Gasteiger partial charge in [-0.2, -0.15) is 0 Å². The highest BCUT2D eigenvalue weighted by molar-refractivity contribution is 8.00. The largest absolute Gasteiger partial charge is 0.342 e. The summed E-state index contributed by atoms with van der Waals surface area (Å²) in [7, 11) is 0. The van der Waals surface area contributed by atoms with Crippen LogP contribution in [0.1, 0.15) is 24.7 Å². The highest BCUT2D eigenvalue weighted by atomic mass is 32.2. The van der Waals surface area contributed by atoms with Gasteiger partial charge in [0.05, 0.1) is 0 Å². The van der Waals surface area contributed by atoms with Gasteiger partial charge in [0.1, 0.15) is 11.6 Å². The van der Waals surface area contributed by atoms with E-state index in [1.165, 1.54) is 11.8 Å². The third-order valence-electron chi connectivity index (χ3n) is 4.18. The highest BCUT2D eigenvalue weighted by Gasteiger charge is 2.27. The molecule has 1 amide bonds. The molecule has 1 unspecified atom stereocenters. The number of aromatic nitrogens is 3. The van der Waals surface area contributed by atoms with E-state index >= 15 is 0 Å². The lowest BCUT2D eigenvalue weighted by molar-refractivity contribution is -0.130. The Balaban J connectivity index is 1.95. The number of thioether (sulfide) groups is 1. The number of hydrogen-bond donors (Lipinski definition) is 0. The molecular formula is C20H22N4OS. The summed E-state index contributed by atoms with van der Waals surface area (Å²) in [5.74, 6) is 0.0915. The zero-order chi connectivity index (χ0) is 18.4. The van der Waals surface area contributed by atoms with E-state index in [1.54, 1.807) is 6.33 Å². The molecule has 0 N–H and O–H groups in total. The smallest absolute Gasteiger partial charge is 0.240 e. The maximum absolute atomic E-state index is 13.1. The van der Waals surface area contributed by atoms with E-state index < -0.39 is 0 Å². The molecule has 5 nitrogen and oxygen atoms in total. The van der Waals surface area contributed by atoms with Crippen molar-refractivity contribution < 1.29 is 4.79 Å². The molecule has 6 heteroatoms. The van der Waals surface area contributed by atoms with Crippen LogP contribution < -0.4 is 0 Å². The van der Waals surface area contributed by atoms with Crippen molar-refractivity contribution in [3.8, 4) is 5.69 Å². The minimum Gasteiger partial charge on any atom is -0.342 e. The maximum Gasteiger partial charge on any atom is 0.240 e. The Labute approximate surface area is 158 Å². The topological polar surface area (TPSA) is 51.0 Å². The van der Waals surface area contributed by atoms with E-state index in [9.17, 15) is 4.79 Å². The first-order chi connectivity index (χ1) is 12.7. The summed E-state index contributed by atoms with van der Waals surface area (Å²) in [4.78, 5) is 15.0. The van der Waals surface area contributed by atoms with Crippen molar-refractivity contribution >= 4 is 17.7 Å². The summed E-state index contributed by atoms with van der Waals surface area (Å²) >= 11 is 1.44. The fourth-order valence-electron chi connectivity index (χ4n) is 2.77. The predicted octanol–water partition coefficient (Wildman–Crippen LogP) is 3.97. The molecule has 0 saturated carbocycles. The van der Waals surface area contributed by atoms with Gasteiger partial charge in [-0.15, -0.1) is 10.2 Å². The molecule has 26 heavy (non-hydrogen) atoms. The van der Waals surface area contributed by atoms with Crippen molar-refractivity contribution in [1.82, 2.24) is 19.7 Å². The lowest BCUT2D eigenvalue weighted by Crippen LogP contribution is -2.34. The summed E-state index contributed by atoms with van der Waals surface area (Å²) in [6, 6.07) is 19.8. The number of likely N-dealkylation sites (N-methyl/N-ethyl adjacent to an activating group) is 1. The normalized spacial score (nSPS) is 11.9. The first-order valence-electron chi connectivity index (χ1n) is 8.70. The van der Waals surface area contributed by atoms with E-state index in [2.05, 4.69) is 10.2 Å². The molecular weight excluding hydrogens is 344 g/mol. The van der Waals surface area contributed by atoms with E-state index in [1.807, 2.05) is 84.0 Å². The molecule has 0 fully saturated rings. The average Bonchev–Trinajstić information content (AvgIpc) is 3.16. The monoisotopic (exact) mass is 366 g/mol. The minimum atomic E-state index is -0.359. The van der Waals surface area contributed by atoms with E-state index in [4.69, 9.17) is 0 Å². The Hall–Kier alpha value is -2.60. The molecule has 0 spiro atoms. The van der Waals surface area contributed by atoms with Crippen molar-refractivity contribution in [2.45, 2.75) is 24.3 Å². The van der Waals surface area contributed by atoms with Crippen LogP contribution in [0.25, 0.3) is 5.69 Å². The van der Waals surface area contributed by atoms with E-state index in [-0.39, 0.29) is 11.2 Å². The van der Waals surface area contributed by atoms with Crippen LogP contribution >= 0.6 is 11.8 Å². The second-order valence-corrected chi connectivity index (χ2v) is 6.81. The third kappa shape index (κ3) is 3.96. The lowest BCUT2D eigenvalue weighted by atomic mass is 10.1. The summed E-state index contributed by atoms with van der Waals surface area (Å²) < 4.78 is 1.91. The van der Waals surface area contributed by atoms with Crippen molar-refractivity contribution in [2.24, 2.45) is 0 Å². The molecule has 0 saturated heterocycles. The molecule has 1 heterocycles. The Morgan fingerprint density at radius 2 is 1.65 bits per heavy atom. The zero-order valence-electron chi connectivity index (χ0n) is 14.9. The molecule has 3 rings (SSSR count). The Bertz CT molecular complexity index is 831. The van der Waals surface area contributed by atoms with Gasteiger partial charge in [0.2, 0.25) is 5.91 Å². The number of hydrogen-bond acceptors (Lipinski definition) is 4. The van der Waals surface area contributed by atoms with E-state index in [0.29, 0.717) is 18.2 Å². The van der Waals surface area contributed by atoms with Gasteiger partial charge in [0, 0.05) is 18.8 Å². The SMILES string of the molecule is CCN(CC)C(=O)C(Sc1nncn1-c1ccccc1)c1ccccc1. The van der Waals surface area contributed by atoms with Crippen LogP contribution in [0.2, 0.25) is 0 Å². The molecule has 0 aliphatic heterocycles. The summed E-state index contributed by atoms with van der Waals surface area (Å²) in [5, 5.41) is 8.65. The van der Waals surface area contributed by atoms with Crippen molar-refractivity contribution in [3.05, 3.63) is 72.6 Å². The second-order valence-electron chi connectivity index (χ2n) is 5.74. The van der Waals surface area contributed by atoms with Crippen LogP contribution in [0.5, 0.6) is 0 Å². The second kappa shape index (κ2) is 8.67. The first-order valence-corrected chi connectivity index (χ1v) is 9.58. The Kier molecular flexibility index (Phi) is 6.07. The standard InChI is InChI=1S/C20H22N4OS/c1-3-23(4-2)19(25)18(16-11-7-5-8-12-16)26-20-22-21-15-24(20)17-13-9-6-10-14-17/h5-15,18H,3-4H2,1-2H3. The number of benzene rings is 2. The maximum atomic E-state index is 13.1. The van der Waals surface area contributed by atoms with E-state index in [0.717, 1.165) is 11.3 Å². The van der Waals surface area contributed by atoms with Crippen LogP contribution in [-0.4, -0.2) is 38.7 Å². The summed E-state index contributed by atoms with van der Waals surface area (Å²) in [5.41, 5.74) is 1.94. The van der Waals surface area contributed by atoms with Crippen LogP contribution in [0.3, 0.4) is 0 Å². The number of para-hydroxylation sites is 1. The van der Waals surface area contributed by atoms with Crippen molar-refractivity contribution in [3.63, 3.8) is 0 Å². The third-order valence-corrected chi connectivity index (χ3v) is 5.37. The molecule has 134 valence electrons. The molecule has 0 bridgehead atoms. The van der Waals surface area contributed by atoms with Gasteiger partial charge in [-0.3, -0.25) is 9.36 Å². The van der Waals surface area contributed by atoms with Crippen LogP contribution in [-0.2, 0) is 4.79 Å². The number of rotatable bonds is 7. The minimum absolute atomic E-state index is 0.0915. The summed E-state index contributed by atoms with van der Waals surface area (Å²) in [6.07, 6.45) is 1.68. The first kappa shape index (κ1) is 18.2. The van der Waals surface area contributed by atoms with Gasteiger partial charge in [0.15, 0.2) is 5.16 Å². The Morgan fingerprint density at radius 3 is 2.27 bits per heavy atom. The average molecular weight is 366 g/mol. The van der Waals surface area contributed by atoms with Crippen LogP contribution in [0.4, 0.5) is 0 Å². The molecule has 1 atom stereocenters. The number of nitrogens with zero attached hydrogens (tertiary/aromatic N) is 4. The zero-order valence-corrected chi connectivity index (χ0v) is 15.8. The number of carbonyl (C=O) groups is 1. The fraction of sp³-hybridized carbons (Fsp3) is 0.250. The van der Waals surface area contributed by atoms with Crippen LogP contribution in [0, 0.1) is 0 Å². The van der Waals surface area contributed by atoms with Gasteiger partial charge in [-0.1, -0.05) is 60.3 Å². The molecule has 1 aromatic heterocycles. The quantitative estimate of drug-likeness (QED) is 0.594. The van der Waals surface area contributed by atoms with Gasteiger partial charge < -0.3 is 4.90 Å². The molecule has 0 aliphatic rings.